The number of ketones is 1. The molecule has 7 rings (SSSR count). The van der Waals surface area contributed by atoms with Gasteiger partial charge in [0.2, 0.25) is 17.7 Å². The SMILES string of the molecule is NC(=O)c1nn(-c2ccc(C(=O)CCCOCCOCCOCCOCCNc3cccc4c3C(=O)N(C3CCC(=O)NC3=O)C4=O)cc2)cc1NC(=O)c1coc(-c2ccnc(NCC(F)(F)F)c2)n1. The lowest BCUT2D eigenvalue weighted by Gasteiger charge is -2.27. The van der Waals surface area contributed by atoms with E-state index in [1.54, 1.807) is 36.4 Å². The molecule has 1 fully saturated rings. The maximum absolute atomic E-state index is 13.2. The zero-order chi connectivity index (χ0) is 50.5. The van der Waals surface area contributed by atoms with E-state index in [4.69, 9.17) is 29.1 Å². The normalized spacial score (nSPS) is 14.6. The molecule has 1 atom stereocenters. The molecular formula is C46H47F3N10O12. The smallest absolute Gasteiger partial charge is 0.405 e. The average Bonchev–Trinajstić information content (AvgIpc) is 4.08. The molecule has 5 heterocycles. The molecular weight excluding hydrogens is 942 g/mol. The van der Waals surface area contributed by atoms with E-state index in [0.717, 1.165) is 11.2 Å². The molecule has 2 aliphatic heterocycles. The number of rotatable bonds is 26. The summed E-state index contributed by atoms with van der Waals surface area (Å²) in [5.41, 5.74) is 6.93. The van der Waals surface area contributed by atoms with Gasteiger partial charge in [-0.15, -0.1) is 0 Å². The van der Waals surface area contributed by atoms with Crippen LogP contribution in [0.4, 0.5) is 30.4 Å². The van der Waals surface area contributed by atoms with Gasteiger partial charge in [0, 0.05) is 49.0 Å². The van der Waals surface area contributed by atoms with Gasteiger partial charge in [-0.05, 0) is 61.4 Å². The first kappa shape index (κ1) is 51.0. The summed E-state index contributed by atoms with van der Waals surface area (Å²) in [5.74, 6) is -4.31. The number of pyridine rings is 1. The van der Waals surface area contributed by atoms with Gasteiger partial charge in [0.1, 0.15) is 24.7 Å². The van der Waals surface area contributed by atoms with Crippen molar-refractivity contribution in [2.75, 3.05) is 81.9 Å². The van der Waals surface area contributed by atoms with Gasteiger partial charge in [-0.2, -0.15) is 18.3 Å². The molecule has 0 aliphatic carbocycles. The Morgan fingerprint density at radius 3 is 2.25 bits per heavy atom. The number of Topliss-reactive ketones (excluding diaryl/α,β-unsaturated/α-hetero) is 1. The molecule has 374 valence electrons. The second kappa shape index (κ2) is 23.6. The van der Waals surface area contributed by atoms with Crippen molar-refractivity contribution in [1.82, 2.24) is 30.0 Å². The summed E-state index contributed by atoms with van der Waals surface area (Å²) in [4.78, 5) is 97.1. The van der Waals surface area contributed by atoms with Gasteiger partial charge in [-0.25, -0.2) is 14.6 Å². The number of hydrogen-bond acceptors (Lipinski definition) is 17. The molecule has 2 aliphatic rings. The fourth-order valence-corrected chi connectivity index (χ4v) is 7.29. The van der Waals surface area contributed by atoms with Crippen LogP contribution in [0.25, 0.3) is 17.1 Å². The summed E-state index contributed by atoms with van der Waals surface area (Å²) in [6.07, 6.45) is -0.0425. The number of hydrogen-bond donors (Lipinski definition) is 5. The summed E-state index contributed by atoms with van der Waals surface area (Å²) in [6, 6.07) is 12.9. The highest BCUT2D eigenvalue weighted by Gasteiger charge is 2.45. The van der Waals surface area contributed by atoms with E-state index < -0.39 is 54.2 Å². The molecule has 0 bridgehead atoms. The maximum Gasteiger partial charge on any atom is 0.405 e. The van der Waals surface area contributed by atoms with Crippen LogP contribution in [-0.4, -0.2) is 144 Å². The second-order valence-electron chi connectivity index (χ2n) is 15.7. The minimum absolute atomic E-state index is 0.0357. The number of ether oxygens (including phenoxy) is 4. The number of benzene rings is 2. The van der Waals surface area contributed by atoms with Crippen molar-refractivity contribution in [1.29, 1.82) is 0 Å². The summed E-state index contributed by atoms with van der Waals surface area (Å²) in [7, 11) is 0. The molecule has 3 aromatic heterocycles. The number of alkyl halides is 3. The van der Waals surface area contributed by atoms with E-state index in [-0.39, 0.29) is 77.1 Å². The number of anilines is 3. The Morgan fingerprint density at radius 1 is 0.859 bits per heavy atom. The van der Waals surface area contributed by atoms with E-state index in [1.165, 1.54) is 35.3 Å². The highest BCUT2D eigenvalue weighted by molar-refractivity contribution is 6.25. The Bertz CT molecular complexity index is 2760. The highest BCUT2D eigenvalue weighted by Crippen LogP contribution is 2.32. The lowest BCUT2D eigenvalue weighted by Crippen LogP contribution is -2.54. The molecule has 1 unspecified atom stereocenters. The Hall–Kier alpha value is -7.87. The predicted molar refractivity (Wildman–Crippen MR) is 243 cm³/mol. The van der Waals surface area contributed by atoms with Crippen LogP contribution in [0.15, 0.2) is 77.7 Å². The second-order valence-corrected chi connectivity index (χ2v) is 15.7. The fourth-order valence-electron chi connectivity index (χ4n) is 7.29. The molecule has 0 saturated carbocycles. The van der Waals surface area contributed by atoms with Crippen LogP contribution in [0, 0.1) is 0 Å². The van der Waals surface area contributed by atoms with Gasteiger partial charge >= 0.3 is 6.18 Å². The van der Waals surface area contributed by atoms with Crippen molar-refractivity contribution in [3.8, 4) is 17.1 Å². The molecule has 6 N–H and O–H groups in total. The molecule has 1 saturated heterocycles. The molecule has 5 aromatic rings. The number of aromatic nitrogens is 4. The van der Waals surface area contributed by atoms with Crippen LogP contribution in [0.3, 0.4) is 0 Å². The van der Waals surface area contributed by atoms with Crippen molar-refractivity contribution in [3.05, 3.63) is 101 Å². The minimum Gasteiger partial charge on any atom is -0.444 e. The van der Waals surface area contributed by atoms with Crippen molar-refractivity contribution < 1.29 is 70.1 Å². The van der Waals surface area contributed by atoms with E-state index >= 15 is 0 Å². The molecule has 22 nitrogen and oxygen atoms in total. The molecule has 71 heavy (non-hydrogen) atoms. The molecule has 0 spiro atoms. The third kappa shape index (κ3) is 13.5. The number of halogens is 3. The number of nitrogens with zero attached hydrogens (tertiary/aromatic N) is 5. The zero-order valence-electron chi connectivity index (χ0n) is 37.8. The van der Waals surface area contributed by atoms with E-state index in [9.17, 15) is 46.7 Å². The Kier molecular flexibility index (Phi) is 17.0. The summed E-state index contributed by atoms with van der Waals surface area (Å²) >= 11 is 0. The van der Waals surface area contributed by atoms with Crippen molar-refractivity contribution in [2.24, 2.45) is 5.73 Å². The molecule has 6 amide bonds. The van der Waals surface area contributed by atoms with Crippen molar-refractivity contribution >= 4 is 58.4 Å². The number of amides is 6. The minimum atomic E-state index is -4.46. The van der Waals surface area contributed by atoms with Gasteiger partial charge in [-0.1, -0.05) is 6.07 Å². The number of carbonyl (C=O) groups excluding carboxylic acids is 7. The van der Waals surface area contributed by atoms with E-state index in [1.807, 2.05) is 0 Å². The summed E-state index contributed by atoms with van der Waals surface area (Å²) in [6.45, 7) is 1.58. The first-order valence-corrected chi connectivity index (χ1v) is 22.1. The maximum atomic E-state index is 13.2. The first-order chi connectivity index (χ1) is 34.2. The number of carbonyl (C=O) groups is 7. The Morgan fingerprint density at radius 2 is 1.56 bits per heavy atom. The van der Waals surface area contributed by atoms with Crippen LogP contribution in [0.2, 0.25) is 0 Å². The van der Waals surface area contributed by atoms with Crippen LogP contribution in [0.5, 0.6) is 0 Å². The van der Waals surface area contributed by atoms with Crippen LogP contribution >= 0.6 is 0 Å². The van der Waals surface area contributed by atoms with E-state index in [0.29, 0.717) is 76.2 Å². The van der Waals surface area contributed by atoms with Crippen LogP contribution < -0.4 is 27.0 Å². The topological polar surface area (TPSA) is 291 Å². The Labute approximate surface area is 401 Å². The van der Waals surface area contributed by atoms with Gasteiger partial charge in [0.25, 0.3) is 23.6 Å². The third-order valence-electron chi connectivity index (χ3n) is 10.7. The third-order valence-corrected chi connectivity index (χ3v) is 10.7. The molecule has 25 heteroatoms. The number of nitrogens with two attached hydrogens (primary N) is 1. The predicted octanol–water partition coefficient (Wildman–Crippen LogP) is 3.79. The number of nitrogens with one attached hydrogen (secondary N) is 4. The highest BCUT2D eigenvalue weighted by atomic mass is 19.4. The number of imide groups is 2. The van der Waals surface area contributed by atoms with Gasteiger partial charge in [0.15, 0.2) is 17.2 Å². The van der Waals surface area contributed by atoms with Gasteiger partial charge < -0.3 is 45.0 Å². The lowest BCUT2D eigenvalue weighted by atomic mass is 10.0. The molecule has 0 radical (unpaired) electrons. The standard InChI is InChI=1S/C46H47F3N10O12/c47-46(48,49)26-53-36-23-28(12-13-52-36)43-55-33(25-71-43)41(63)54-32-24-58(57-39(32)40(50)62)29-8-6-27(7-9-29)35(60)5-2-15-67-17-19-69-21-22-70-20-18-68-16-14-51-31-4-1-3-30-38(31)45(66)59(44(30)65)34-10-11-37(61)56-42(34)64/h1,3-4,6-9,12-13,23-25,34,51H,2,5,10-11,14-22,26H2,(H2,50,62)(H,52,53)(H,54,63)(H,56,61,64). The average molecular weight is 989 g/mol. The fraction of sp³-hybridized carbons (Fsp3) is 0.348. The van der Waals surface area contributed by atoms with Gasteiger partial charge in [0.05, 0.1) is 74.9 Å². The van der Waals surface area contributed by atoms with Gasteiger partial charge in [-0.3, -0.25) is 43.8 Å². The monoisotopic (exact) mass is 988 g/mol. The largest absolute Gasteiger partial charge is 0.444 e. The molecule has 2 aromatic carbocycles. The summed E-state index contributed by atoms with van der Waals surface area (Å²) < 4.78 is 66.8. The zero-order valence-corrected chi connectivity index (χ0v) is 37.8. The van der Waals surface area contributed by atoms with Crippen LogP contribution in [0.1, 0.15) is 77.7 Å². The van der Waals surface area contributed by atoms with Crippen LogP contribution in [-0.2, 0) is 28.5 Å². The van der Waals surface area contributed by atoms with Crippen molar-refractivity contribution in [2.45, 2.75) is 37.9 Å². The summed E-state index contributed by atoms with van der Waals surface area (Å²) in [5, 5.41) is 14.1. The lowest BCUT2D eigenvalue weighted by molar-refractivity contribution is -0.136. The van der Waals surface area contributed by atoms with Crippen molar-refractivity contribution in [3.63, 3.8) is 0 Å². The quantitative estimate of drug-likeness (QED) is 0.0299. The first-order valence-electron chi connectivity index (χ1n) is 22.1. The number of oxazole rings is 1. The van der Waals surface area contributed by atoms with E-state index in [2.05, 4.69) is 36.3 Å². The number of fused-ring (bicyclic) bond motifs is 1. The number of piperidine rings is 1. The Balaban J connectivity index is 0.733. The number of primary amides is 1.